The first-order chi connectivity index (χ1) is 13.4. The van der Waals surface area contributed by atoms with Crippen molar-refractivity contribution >= 4 is 5.70 Å². The van der Waals surface area contributed by atoms with Crippen molar-refractivity contribution in [2.75, 3.05) is 0 Å². The Balaban J connectivity index is 1.92. The third kappa shape index (κ3) is 3.34. The maximum absolute atomic E-state index is 10.4. The van der Waals surface area contributed by atoms with E-state index >= 15 is 0 Å². The molecule has 0 amide bonds. The van der Waals surface area contributed by atoms with Crippen LogP contribution in [0.25, 0.3) is 28.5 Å². The minimum absolute atomic E-state index is 0.0750. The van der Waals surface area contributed by atoms with E-state index in [-0.39, 0.29) is 16.9 Å². The van der Waals surface area contributed by atoms with E-state index in [1.165, 1.54) is 0 Å². The number of phenols is 2. The van der Waals surface area contributed by atoms with Crippen LogP contribution in [-0.4, -0.2) is 25.0 Å². The number of rotatable bonds is 3. The highest BCUT2D eigenvalue weighted by Crippen LogP contribution is 2.34. The van der Waals surface area contributed by atoms with E-state index in [1.54, 1.807) is 41.1 Å². The van der Waals surface area contributed by atoms with Gasteiger partial charge in [0.2, 0.25) is 0 Å². The minimum atomic E-state index is -0.0750. The summed E-state index contributed by atoms with van der Waals surface area (Å²) in [5.74, 6) is 1.11. The standard InChI is InChI=1S/C23H21N3O2/c1-23(2)14-7-8-16(13-15-23)26-22(18-10-4-6-12-20(18)28)24-21(25-26)17-9-3-5-11-19(17)27/h3-15,27-28H,1-2H3. The van der Waals surface area contributed by atoms with Crippen molar-refractivity contribution < 1.29 is 10.2 Å². The molecule has 28 heavy (non-hydrogen) atoms. The Morgan fingerprint density at radius 2 is 1.50 bits per heavy atom. The molecule has 2 N–H and O–H groups in total. The zero-order chi connectivity index (χ0) is 19.7. The van der Waals surface area contributed by atoms with Crippen molar-refractivity contribution in [2.24, 2.45) is 5.41 Å². The molecule has 0 fully saturated rings. The van der Waals surface area contributed by atoms with Crippen LogP contribution in [0, 0.1) is 5.41 Å². The van der Waals surface area contributed by atoms with Gasteiger partial charge in [0.15, 0.2) is 11.6 Å². The number of hydrogen-bond acceptors (Lipinski definition) is 4. The van der Waals surface area contributed by atoms with Crippen LogP contribution < -0.4 is 0 Å². The predicted molar refractivity (Wildman–Crippen MR) is 111 cm³/mol. The minimum Gasteiger partial charge on any atom is -0.507 e. The van der Waals surface area contributed by atoms with Gasteiger partial charge >= 0.3 is 0 Å². The van der Waals surface area contributed by atoms with Gasteiger partial charge in [0.05, 0.1) is 16.8 Å². The average Bonchev–Trinajstić information content (AvgIpc) is 3.01. The summed E-state index contributed by atoms with van der Waals surface area (Å²) in [6.07, 6.45) is 10.1. The van der Waals surface area contributed by atoms with E-state index in [4.69, 9.17) is 0 Å². The second-order valence-corrected chi connectivity index (χ2v) is 7.31. The number of allylic oxidation sites excluding steroid dienone is 6. The highest BCUT2D eigenvalue weighted by Gasteiger charge is 2.20. The Morgan fingerprint density at radius 1 is 0.857 bits per heavy atom. The van der Waals surface area contributed by atoms with E-state index in [0.717, 1.165) is 5.70 Å². The molecule has 1 heterocycles. The van der Waals surface area contributed by atoms with Crippen LogP contribution in [0.2, 0.25) is 0 Å². The first kappa shape index (κ1) is 17.8. The summed E-state index contributed by atoms with van der Waals surface area (Å²) in [6.45, 7) is 4.24. The molecule has 3 aromatic rings. The Hall–Kier alpha value is -3.60. The summed E-state index contributed by atoms with van der Waals surface area (Å²) in [5, 5.41) is 25.3. The van der Waals surface area contributed by atoms with Crippen LogP contribution in [0.3, 0.4) is 0 Å². The monoisotopic (exact) mass is 371 g/mol. The van der Waals surface area contributed by atoms with Crippen molar-refractivity contribution in [2.45, 2.75) is 13.8 Å². The van der Waals surface area contributed by atoms with Crippen LogP contribution in [-0.2, 0) is 0 Å². The Kier molecular flexibility index (Phi) is 4.35. The fraction of sp³-hybridized carbons (Fsp3) is 0.130. The van der Waals surface area contributed by atoms with E-state index in [0.29, 0.717) is 22.8 Å². The summed E-state index contributed by atoms with van der Waals surface area (Å²) in [7, 11) is 0. The molecule has 1 aliphatic carbocycles. The molecule has 0 spiro atoms. The van der Waals surface area contributed by atoms with Crippen LogP contribution in [0.4, 0.5) is 0 Å². The van der Waals surface area contributed by atoms with Gasteiger partial charge in [0.1, 0.15) is 11.5 Å². The van der Waals surface area contributed by atoms with Gasteiger partial charge in [-0.1, -0.05) is 56.3 Å². The van der Waals surface area contributed by atoms with Crippen LogP contribution in [0.15, 0.2) is 78.9 Å². The average molecular weight is 371 g/mol. The van der Waals surface area contributed by atoms with Crippen LogP contribution >= 0.6 is 0 Å². The zero-order valence-corrected chi connectivity index (χ0v) is 15.7. The smallest absolute Gasteiger partial charge is 0.185 e. The molecule has 140 valence electrons. The highest BCUT2D eigenvalue weighted by molar-refractivity contribution is 5.74. The lowest BCUT2D eigenvalue weighted by molar-refractivity contribution is 0.476. The van der Waals surface area contributed by atoms with E-state index < -0.39 is 0 Å². The molecule has 0 saturated carbocycles. The maximum atomic E-state index is 10.4. The number of benzene rings is 2. The maximum Gasteiger partial charge on any atom is 0.185 e. The first-order valence-corrected chi connectivity index (χ1v) is 9.07. The Bertz CT molecular complexity index is 1120. The van der Waals surface area contributed by atoms with Gasteiger partial charge in [-0.2, -0.15) is 0 Å². The number of aromatic hydroxyl groups is 2. The van der Waals surface area contributed by atoms with Gasteiger partial charge in [-0.25, -0.2) is 9.67 Å². The molecule has 0 radical (unpaired) electrons. The van der Waals surface area contributed by atoms with E-state index in [2.05, 4.69) is 36.1 Å². The molecule has 4 rings (SSSR count). The predicted octanol–water partition coefficient (Wildman–Crippen LogP) is 5.02. The number of nitrogens with zero attached hydrogens (tertiary/aromatic N) is 3. The molecule has 1 aliphatic rings. The largest absolute Gasteiger partial charge is 0.507 e. The number of hydrogen-bond donors (Lipinski definition) is 2. The van der Waals surface area contributed by atoms with Crippen molar-refractivity contribution in [1.29, 1.82) is 0 Å². The van der Waals surface area contributed by atoms with Crippen molar-refractivity contribution in [1.82, 2.24) is 14.8 Å². The molecule has 2 aromatic carbocycles. The molecule has 0 atom stereocenters. The Labute approximate surface area is 163 Å². The quantitative estimate of drug-likeness (QED) is 0.678. The molecular weight excluding hydrogens is 350 g/mol. The summed E-state index contributed by atoms with van der Waals surface area (Å²) in [5.41, 5.74) is 1.84. The molecular formula is C23H21N3O2. The summed E-state index contributed by atoms with van der Waals surface area (Å²) < 4.78 is 1.69. The van der Waals surface area contributed by atoms with Gasteiger partial charge in [0, 0.05) is 5.41 Å². The zero-order valence-electron chi connectivity index (χ0n) is 15.7. The van der Waals surface area contributed by atoms with Crippen molar-refractivity contribution in [3.05, 3.63) is 78.9 Å². The number of aromatic nitrogens is 3. The summed E-state index contributed by atoms with van der Waals surface area (Å²) >= 11 is 0. The molecule has 5 heteroatoms. The van der Waals surface area contributed by atoms with Crippen molar-refractivity contribution in [3.63, 3.8) is 0 Å². The summed E-state index contributed by atoms with van der Waals surface area (Å²) in [6, 6.07) is 14.0. The van der Waals surface area contributed by atoms with E-state index in [9.17, 15) is 10.2 Å². The van der Waals surface area contributed by atoms with Gasteiger partial charge in [-0.3, -0.25) is 0 Å². The normalized spacial score (nSPS) is 15.3. The third-order valence-electron chi connectivity index (χ3n) is 4.62. The third-order valence-corrected chi connectivity index (χ3v) is 4.62. The molecule has 0 bridgehead atoms. The molecule has 0 unspecified atom stereocenters. The van der Waals surface area contributed by atoms with Gasteiger partial charge in [-0.15, -0.1) is 5.10 Å². The van der Waals surface area contributed by atoms with Crippen LogP contribution in [0.5, 0.6) is 11.5 Å². The second-order valence-electron chi connectivity index (χ2n) is 7.31. The SMILES string of the molecule is CC1(C)C=CC=C(n2nc(-c3ccccc3O)nc2-c2ccccc2O)C=C1. The van der Waals surface area contributed by atoms with Crippen LogP contribution in [0.1, 0.15) is 13.8 Å². The lowest BCUT2D eigenvalue weighted by Gasteiger charge is -2.12. The number of phenolic OH excluding ortho intramolecular Hbond substituents is 2. The fourth-order valence-electron chi connectivity index (χ4n) is 3.05. The summed E-state index contributed by atoms with van der Waals surface area (Å²) in [4.78, 5) is 4.65. The lowest BCUT2D eigenvalue weighted by atomic mass is 9.93. The lowest BCUT2D eigenvalue weighted by Crippen LogP contribution is -2.03. The first-order valence-electron chi connectivity index (χ1n) is 9.07. The second kappa shape index (κ2) is 6.85. The van der Waals surface area contributed by atoms with E-state index in [1.807, 2.05) is 30.4 Å². The Morgan fingerprint density at radius 3 is 2.18 bits per heavy atom. The van der Waals surface area contributed by atoms with Crippen molar-refractivity contribution in [3.8, 4) is 34.3 Å². The molecule has 0 aliphatic heterocycles. The molecule has 5 nitrogen and oxygen atoms in total. The molecule has 1 aromatic heterocycles. The van der Waals surface area contributed by atoms with Gasteiger partial charge in [0.25, 0.3) is 0 Å². The van der Waals surface area contributed by atoms with Gasteiger partial charge in [-0.05, 0) is 36.4 Å². The number of para-hydroxylation sites is 2. The highest BCUT2D eigenvalue weighted by atomic mass is 16.3. The fourth-order valence-corrected chi connectivity index (χ4v) is 3.05. The van der Waals surface area contributed by atoms with Gasteiger partial charge < -0.3 is 10.2 Å². The topological polar surface area (TPSA) is 71.2 Å². The molecule has 0 saturated heterocycles.